The van der Waals surface area contributed by atoms with Gasteiger partial charge in [-0.2, -0.15) is 0 Å². The van der Waals surface area contributed by atoms with Crippen LogP contribution < -0.4 is 10.5 Å². The van der Waals surface area contributed by atoms with Gasteiger partial charge in [-0.25, -0.2) is 0 Å². The Kier molecular flexibility index (Phi) is 5.30. The maximum Gasteiger partial charge on any atom is 0.162 e. The number of nitrogens with two attached hydrogens (primary N) is 1. The van der Waals surface area contributed by atoms with Crippen LogP contribution in [0.1, 0.15) is 11.6 Å². The number of hydrogen-bond donors (Lipinski definition) is 3. The second kappa shape index (κ2) is 5.70. The molecule has 0 aliphatic rings. The largest absolute Gasteiger partial charge is 0.504 e. The summed E-state index contributed by atoms with van der Waals surface area (Å²) in [5, 5.41) is 18.4. The van der Waals surface area contributed by atoms with Gasteiger partial charge in [-0.3, -0.25) is 0 Å². The Morgan fingerprint density at radius 2 is 2.14 bits per heavy atom. The van der Waals surface area contributed by atoms with Gasteiger partial charge in [-0.1, -0.05) is 12.1 Å². The summed E-state index contributed by atoms with van der Waals surface area (Å²) >= 11 is 0. The molecule has 0 fully saturated rings. The molecule has 0 bridgehead atoms. The van der Waals surface area contributed by atoms with Gasteiger partial charge in [0.25, 0.3) is 0 Å². The smallest absolute Gasteiger partial charge is 0.162 e. The zero-order valence-corrected chi connectivity index (χ0v) is 8.62. The van der Waals surface area contributed by atoms with E-state index in [1.807, 2.05) is 0 Å². The Morgan fingerprint density at radius 1 is 1.50 bits per heavy atom. The van der Waals surface area contributed by atoms with Crippen molar-refractivity contribution in [2.75, 3.05) is 13.7 Å². The van der Waals surface area contributed by atoms with Crippen LogP contribution in [0.3, 0.4) is 0 Å². The number of aliphatic hydroxyl groups is 1. The van der Waals surface area contributed by atoms with Crippen LogP contribution in [0, 0.1) is 0 Å². The fourth-order valence-electron chi connectivity index (χ4n) is 1.10. The van der Waals surface area contributed by atoms with Crippen molar-refractivity contribution >= 4 is 12.4 Å². The van der Waals surface area contributed by atoms with E-state index in [-0.39, 0.29) is 24.8 Å². The first-order valence-electron chi connectivity index (χ1n) is 3.93. The number of halogens is 1. The van der Waals surface area contributed by atoms with Crippen LogP contribution in [0.2, 0.25) is 0 Å². The molecule has 1 atom stereocenters. The zero-order valence-electron chi connectivity index (χ0n) is 7.80. The number of ether oxygens (including phenoxy) is 1. The average molecular weight is 220 g/mol. The Labute approximate surface area is 88.7 Å². The van der Waals surface area contributed by atoms with E-state index in [2.05, 4.69) is 0 Å². The van der Waals surface area contributed by atoms with Crippen LogP contribution in [0.5, 0.6) is 11.5 Å². The third kappa shape index (κ3) is 2.51. The van der Waals surface area contributed by atoms with E-state index in [9.17, 15) is 5.11 Å². The van der Waals surface area contributed by atoms with Gasteiger partial charge >= 0.3 is 0 Å². The molecule has 4 N–H and O–H groups in total. The van der Waals surface area contributed by atoms with E-state index < -0.39 is 6.04 Å². The maximum absolute atomic E-state index is 9.57. The monoisotopic (exact) mass is 219 g/mol. The number of methoxy groups -OCH3 is 1. The first-order chi connectivity index (χ1) is 6.20. The van der Waals surface area contributed by atoms with Crippen molar-refractivity contribution in [1.82, 2.24) is 0 Å². The van der Waals surface area contributed by atoms with Gasteiger partial charge in [-0.15, -0.1) is 12.4 Å². The molecule has 0 unspecified atom stereocenters. The number of aliphatic hydroxyl groups excluding tert-OH is 1. The Balaban J connectivity index is 0.00000169. The molecule has 0 saturated heterocycles. The summed E-state index contributed by atoms with van der Waals surface area (Å²) in [6, 6.07) is 4.42. The summed E-state index contributed by atoms with van der Waals surface area (Å²) < 4.78 is 4.89. The van der Waals surface area contributed by atoms with Gasteiger partial charge in [0.15, 0.2) is 11.5 Å². The summed E-state index contributed by atoms with van der Waals surface area (Å²) in [4.78, 5) is 0. The number of aromatic hydroxyl groups is 1. The molecule has 0 aliphatic carbocycles. The number of rotatable bonds is 3. The minimum atomic E-state index is -0.574. The highest BCUT2D eigenvalue weighted by atomic mass is 35.5. The predicted octanol–water partition coefficient (Wildman–Crippen LogP) is 0.815. The van der Waals surface area contributed by atoms with Crippen LogP contribution in [-0.4, -0.2) is 23.9 Å². The van der Waals surface area contributed by atoms with Crippen molar-refractivity contribution in [3.63, 3.8) is 0 Å². The van der Waals surface area contributed by atoms with Crippen LogP contribution in [0.15, 0.2) is 18.2 Å². The van der Waals surface area contributed by atoms with Crippen molar-refractivity contribution < 1.29 is 14.9 Å². The maximum atomic E-state index is 9.57. The highest BCUT2D eigenvalue weighted by Crippen LogP contribution is 2.32. The molecule has 0 amide bonds. The molecule has 0 heterocycles. The van der Waals surface area contributed by atoms with Crippen molar-refractivity contribution in [3.8, 4) is 11.5 Å². The van der Waals surface area contributed by atoms with Crippen LogP contribution in [-0.2, 0) is 0 Å². The Morgan fingerprint density at radius 3 is 2.64 bits per heavy atom. The van der Waals surface area contributed by atoms with E-state index >= 15 is 0 Å². The van der Waals surface area contributed by atoms with Crippen molar-refractivity contribution in [2.24, 2.45) is 5.73 Å². The van der Waals surface area contributed by atoms with Gasteiger partial charge < -0.3 is 20.7 Å². The Bertz CT molecular complexity index is 293. The molecule has 0 aliphatic heterocycles. The minimum absolute atomic E-state index is 0. The first-order valence-corrected chi connectivity index (χ1v) is 3.93. The van der Waals surface area contributed by atoms with Gasteiger partial charge in [0.05, 0.1) is 19.8 Å². The standard InChI is InChI=1S/C9H13NO3.ClH/c1-13-8-4-2-3-6(9(8)12)7(10)5-11;/h2-4,7,11-12H,5,10H2,1H3;1H/t7-;/m1./s1. The number of para-hydroxylation sites is 1. The Hall–Kier alpha value is -0.970. The number of phenols is 1. The SMILES string of the molecule is COc1cccc([C@H](N)CO)c1O.Cl. The third-order valence-corrected chi connectivity index (χ3v) is 1.85. The van der Waals surface area contributed by atoms with Crippen LogP contribution >= 0.6 is 12.4 Å². The fourth-order valence-corrected chi connectivity index (χ4v) is 1.10. The quantitative estimate of drug-likeness (QED) is 0.704. The molecule has 5 heteroatoms. The summed E-state index contributed by atoms with van der Waals surface area (Å²) in [6.07, 6.45) is 0. The first kappa shape index (κ1) is 13.0. The molecule has 1 aromatic carbocycles. The highest BCUT2D eigenvalue weighted by molar-refractivity contribution is 5.85. The normalized spacial score (nSPS) is 11.6. The molecule has 0 saturated carbocycles. The molecule has 1 aromatic rings. The van der Waals surface area contributed by atoms with Gasteiger partial charge in [-0.05, 0) is 6.07 Å². The molecule has 0 spiro atoms. The van der Waals surface area contributed by atoms with Crippen molar-refractivity contribution in [3.05, 3.63) is 23.8 Å². The highest BCUT2D eigenvalue weighted by Gasteiger charge is 2.12. The number of phenolic OH excluding ortho intramolecular Hbond substituents is 1. The van der Waals surface area contributed by atoms with Gasteiger partial charge in [0.1, 0.15) is 0 Å². The summed E-state index contributed by atoms with van der Waals surface area (Å²) in [6.45, 7) is -0.208. The molecular weight excluding hydrogens is 206 g/mol. The van der Waals surface area contributed by atoms with Gasteiger partial charge in [0, 0.05) is 5.56 Å². The molecule has 1 rings (SSSR count). The van der Waals surface area contributed by atoms with E-state index in [1.165, 1.54) is 7.11 Å². The lowest BCUT2D eigenvalue weighted by Gasteiger charge is -2.12. The van der Waals surface area contributed by atoms with E-state index in [4.69, 9.17) is 15.6 Å². The lowest BCUT2D eigenvalue weighted by molar-refractivity contribution is 0.264. The lowest BCUT2D eigenvalue weighted by atomic mass is 10.1. The molecule has 80 valence electrons. The second-order valence-corrected chi connectivity index (χ2v) is 2.69. The van der Waals surface area contributed by atoms with E-state index in [1.54, 1.807) is 18.2 Å². The van der Waals surface area contributed by atoms with Crippen LogP contribution in [0.25, 0.3) is 0 Å². The topological polar surface area (TPSA) is 75.7 Å². The summed E-state index contributed by atoms with van der Waals surface area (Å²) in [5.41, 5.74) is 6.04. The molecule has 0 aromatic heterocycles. The van der Waals surface area contributed by atoms with Crippen molar-refractivity contribution in [2.45, 2.75) is 6.04 Å². The van der Waals surface area contributed by atoms with Gasteiger partial charge in [0.2, 0.25) is 0 Å². The van der Waals surface area contributed by atoms with E-state index in [0.29, 0.717) is 11.3 Å². The second-order valence-electron chi connectivity index (χ2n) is 2.69. The molecular formula is C9H14ClNO3. The average Bonchev–Trinajstić information content (AvgIpc) is 2.17. The van der Waals surface area contributed by atoms with E-state index in [0.717, 1.165) is 0 Å². The van der Waals surface area contributed by atoms with Crippen molar-refractivity contribution in [1.29, 1.82) is 0 Å². The van der Waals surface area contributed by atoms with Crippen LogP contribution in [0.4, 0.5) is 0 Å². The zero-order chi connectivity index (χ0) is 9.84. The number of hydrogen-bond acceptors (Lipinski definition) is 4. The fraction of sp³-hybridized carbons (Fsp3) is 0.333. The number of benzene rings is 1. The predicted molar refractivity (Wildman–Crippen MR) is 55.9 cm³/mol. The molecule has 4 nitrogen and oxygen atoms in total. The molecule has 0 radical (unpaired) electrons. The lowest BCUT2D eigenvalue weighted by Crippen LogP contribution is -2.14. The minimum Gasteiger partial charge on any atom is -0.504 e. The molecule has 14 heavy (non-hydrogen) atoms. The summed E-state index contributed by atoms with van der Waals surface area (Å²) in [7, 11) is 1.46. The summed E-state index contributed by atoms with van der Waals surface area (Å²) in [5.74, 6) is 0.355. The third-order valence-electron chi connectivity index (χ3n) is 1.85.